The van der Waals surface area contributed by atoms with Gasteiger partial charge < -0.3 is 25.2 Å². The van der Waals surface area contributed by atoms with Crippen LogP contribution in [0.1, 0.15) is 25.8 Å². The van der Waals surface area contributed by atoms with Gasteiger partial charge in [0, 0.05) is 31.2 Å². The van der Waals surface area contributed by atoms with Crippen LogP contribution in [0.25, 0.3) is 0 Å². The first-order chi connectivity index (χ1) is 17.2. The Kier molecular flexibility index (Phi) is 10.0. The van der Waals surface area contributed by atoms with E-state index in [9.17, 15) is 19.1 Å². The molecule has 0 aliphatic heterocycles. The van der Waals surface area contributed by atoms with Crippen LogP contribution in [0.2, 0.25) is 0 Å². The molecule has 0 fully saturated rings. The van der Waals surface area contributed by atoms with E-state index in [4.69, 9.17) is 9.84 Å². The van der Waals surface area contributed by atoms with E-state index in [0.717, 1.165) is 9.14 Å². The summed E-state index contributed by atoms with van der Waals surface area (Å²) in [5.41, 5.74) is 1.79. The second kappa shape index (κ2) is 13.0. The summed E-state index contributed by atoms with van der Waals surface area (Å²) in [5.74, 6) is -0.604. The average molecular weight is 608 g/mol. The number of ether oxygens (including phenoxy) is 1. The standard InChI is InChI=1S/C27H30FIN2O5/c1-17(2)13-25(33)31(16-18-7-9-20(28)10-8-18)22-14-19(27(35)30-11-12-32)15-24(26(22)34)36-23-6-4-3-5-21(23)29/h3-10,13,15,22,24,26,32,34H,11-12,14,16H2,1-2H3,(H,30,35)/t22-,24+,26+/m1/s1. The molecule has 2 amide bonds. The van der Waals surface area contributed by atoms with Gasteiger partial charge in [-0.2, -0.15) is 0 Å². The minimum absolute atomic E-state index is 0.0709. The SMILES string of the molecule is CC(C)=CC(=O)N(Cc1ccc(F)cc1)[C@@H]1CC(C(=O)NCCO)=C[C@H](Oc2ccccc2I)[C@H]1O. The van der Waals surface area contributed by atoms with Crippen LogP contribution in [0.5, 0.6) is 5.75 Å². The van der Waals surface area contributed by atoms with Gasteiger partial charge in [0.15, 0.2) is 0 Å². The van der Waals surface area contributed by atoms with Crippen molar-refractivity contribution in [2.24, 2.45) is 0 Å². The number of benzene rings is 2. The minimum Gasteiger partial charge on any atom is -0.482 e. The summed E-state index contributed by atoms with van der Waals surface area (Å²) < 4.78 is 20.4. The molecule has 0 saturated heterocycles. The molecule has 0 heterocycles. The Labute approximate surface area is 223 Å². The summed E-state index contributed by atoms with van der Waals surface area (Å²) in [6.45, 7) is 3.54. The molecule has 3 atom stereocenters. The Hall–Kier alpha value is -2.76. The fraction of sp³-hybridized carbons (Fsp3) is 0.333. The number of nitrogens with zero attached hydrogens (tertiary/aromatic N) is 1. The van der Waals surface area contributed by atoms with E-state index in [1.54, 1.807) is 38.1 Å². The van der Waals surface area contributed by atoms with Crippen LogP contribution in [-0.4, -0.2) is 58.3 Å². The second-order valence-corrected chi connectivity index (χ2v) is 9.92. The van der Waals surface area contributed by atoms with Gasteiger partial charge in [0.1, 0.15) is 23.8 Å². The Morgan fingerprint density at radius 1 is 1.19 bits per heavy atom. The first-order valence-electron chi connectivity index (χ1n) is 11.6. The highest BCUT2D eigenvalue weighted by Crippen LogP contribution is 2.30. The Morgan fingerprint density at radius 3 is 2.53 bits per heavy atom. The topological polar surface area (TPSA) is 99.1 Å². The van der Waals surface area contributed by atoms with E-state index in [1.165, 1.54) is 23.1 Å². The lowest BCUT2D eigenvalue weighted by molar-refractivity contribution is -0.134. The van der Waals surface area contributed by atoms with Crippen molar-refractivity contribution in [1.82, 2.24) is 10.2 Å². The van der Waals surface area contributed by atoms with E-state index < -0.39 is 30.0 Å². The average Bonchev–Trinajstić information content (AvgIpc) is 2.84. The van der Waals surface area contributed by atoms with Gasteiger partial charge in [0.25, 0.3) is 0 Å². The van der Waals surface area contributed by atoms with Gasteiger partial charge in [0.05, 0.1) is 16.2 Å². The molecule has 0 bridgehead atoms. The van der Waals surface area contributed by atoms with Crippen molar-refractivity contribution in [3.63, 3.8) is 0 Å². The lowest BCUT2D eigenvalue weighted by atomic mass is 9.87. The normalized spacial score (nSPS) is 19.2. The van der Waals surface area contributed by atoms with Crippen LogP contribution in [-0.2, 0) is 16.1 Å². The van der Waals surface area contributed by atoms with Crippen LogP contribution >= 0.6 is 22.6 Å². The molecule has 2 aromatic rings. The summed E-state index contributed by atoms with van der Waals surface area (Å²) in [7, 11) is 0. The highest BCUT2D eigenvalue weighted by atomic mass is 127. The summed E-state index contributed by atoms with van der Waals surface area (Å²) in [5, 5.41) is 23.2. The number of amides is 2. The summed E-state index contributed by atoms with van der Waals surface area (Å²) in [6.07, 6.45) is 1.05. The first kappa shape index (κ1) is 27.8. The number of aliphatic hydroxyl groups excluding tert-OH is 2. The predicted molar refractivity (Wildman–Crippen MR) is 143 cm³/mol. The lowest BCUT2D eigenvalue weighted by Crippen LogP contribution is -2.54. The van der Waals surface area contributed by atoms with E-state index in [0.29, 0.717) is 16.9 Å². The number of para-hydroxylation sites is 1. The largest absolute Gasteiger partial charge is 0.482 e. The van der Waals surface area contributed by atoms with Crippen LogP contribution in [0.4, 0.5) is 4.39 Å². The number of aliphatic hydroxyl groups is 2. The Bertz CT molecular complexity index is 1130. The van der Waals surface area contributed by atoms with Gasteiger partial charge in [-0.3, -0.25) is 9.59 Å². The fourth-order valence-corrected chi connectivity index (χ4v) is 4.46. The molecular weight excluding hydrogens is 578 g/mol. The monoisotopic (exact) mass is 608 g/mol. The van der Waals surface area contributed by atoms with Crippen molar-refractivity contribution in [3.05, 3.63) is 86.8 Å². The maximum Gasteiger partial charge on any atom is 0.247 e. The third-order valence-electron chi connectivity index (χ3n) is 5.68. The van der Waals surface area contributed by atoms with Gasteiger partial charge >= 0.3 is 0 Å². The molecule has 2 aromatic carbocycles. The molecule has 9 heteroatoms. The molecule has 0 radical (unpaired) electrons. The first-order valence-corrected chi connectivity index (χ1v) is 12.7. The van der Waals surface area contributed by atoms with Crippen LogP contribution < -0.4 is 10.1 Å². The molecule has 0 aromatic heterocycles. The van der Waals surface area contributed by atoms with Gasteiger partial charge in [0.2, 0.25) is 11.8 Å². The molecule has 0 spiro atoms. The summed E-state index contributed by atoms with van der Waals surface area (Å²) in [6, 6.07) is 12.3. The number of carbonyl (C=O) groups is 2. The quantitative estimate of drug-likeness (QED) is 0.300. The third kappa shape index (κ3) is 7.37. The summed E-state index contributed by atoms with van der Waals surface area (Å²) >= 11 is 2.12. The Balaban J connectivity index is 2.00. The number of allylic oxidation sites excluding steroid dienone is 1. The van der Waals surface area contributed by atoms with Crippen molar-refractivity contribution < 1.29 is 28.9 Å². The van der Waals surface area contributed by atoms with Crippen molar-refractivity contribution >= 4 is 34.4 Å². The van der Waals surface area contributed by atoms with Crippen molar-refractivity contribution in [2.75, 3.05) is 13.2 Å². The van der Waals surface area contributed by atoms with Crippen LogP contribution in [0, 0.1) is 9.39 Å². The molecule has 192 valence electrons. The van der Waals surface area contributed by atoms with Crippen molar-refractivity contribution in [2.45, 2.75) is 45.1 Å². The maximum atomic E-state index is 13.5. The highest BCUT2D eigenvalue weighted by molar-refractivity contribution is 14.1. The Morgan fingerprint density at radius 2 is 1.89 bits per heavy atom. The molecule has 3 rings (SSSR count). The minimum atomic E-state index is -1.15. The van der Waals surface area contributed by atoms with Crippen LogP contribution in [0.3, 0.4) is 0 Å². The molecular formula is C27H30FIN2O5. The summed E-state index contributed by atoms with van der Waals surface area (Å²) in [4.78, 5) is 27.7. The fourth-order valence-electron chi connectivity index (χ4n) is 3.94. The molecule has 36 heavy (non-hydrogen) atoms. The zero-order valence-electron chi connectivity index (χ0n) is 20.2. The lowest BCUT2D eigenvalue weighted by Gasteiger charge is -2.40. The third-order valence-corrected chi connectivity index (χ3v) is 6.57. The molecule has 3 N–H and O–H groups in total. The maximum absolute atomic E-state index is 13.5. The highest BCUT2D eigenvalue weighted by Gasteiger charge is 2.40. The molecule has 7 nitrogen and oxygen atoms in total. The smallest absolute Gasteiger partial charge is 0.247 e. The zero-order valence-corrected chi connectivity index (χ0v) is 22.3. The van der Waals surface area contributed by atoms with Gasteiger partial charge in [-0.25, -0.2) is 4.39 Å². The molecule has 1 aliphatic rings. The molecule has 0 saturated carbocycles. The van der Waals surface area contributed by atoms with Crippen molar-refractivity contribution in [1.29, 1.82) is 0 Å². The van der Waals surface area contributed by atoms with Crippen LogP contribution in [0.15, 0.2) is 71.8 Å². The number of rotatable bonds is 9. The van der Waals surface area contributed by atoms with E-state index in [-0.39, 0.29) is 32.0 Å². The molecule has 1 aliphatic carbocycles. The number of hydrogen-bond donors (Lipinski definition) is 3. The number of carbonyl (C=O) groups excluding carboxylic acids is 2. The second-order valence-electron chi connectivity index (χ2n) is 8.76. The van der Waals surface area contributed by atoms with E-state index in [2.05, 4.69) is 27.9 Å². The van der Waals surface area contributed by atoms with Crippen molar-refractivity contribution in [3.8, 4) is 5.75 Å². The number of halogens is 2. The van der Waals surface area contributed by atoms with E-state index in [1.807, 2.05) is 18.2 Å². The van der Waals surface area contributed by atoms with E-state index >= 15 is 0 Å². The van der Waals surface area contributed by atoms with Gasteiger partial charge in [-0.05, 0) is 72.3 Å². The number of nitrogens with one attached hydrogen (secondary N) is 1. The van der Waals surface area contributed by atoms with Gasteiger partial charge in [-0.15, -0.1) is 0 Å². The zero-order chi connectivity index (χ0) is 26.2. The number of hydrogen-bond acceptors (Lipinski definition) is 5. The predicted octanol–water partition coefficient (Wildman–Crippen LogP) is 3.34. The van der Waals surface area contributed by atoms with Gasteiger partial charge in [-0.1, -0.05) is 29.8 Å². The molecule has 0 unspecified atom stereocenters.